The molecule has 0 amide bonds. The molecule has 316 valence electrons. The van der Waals surface area contributed by atoms with E-state index < -0.39 is 0 Å². The summed E-state index contributed by atoms with van der Waals surface area (Å²) in [6.45, 7) is 8.36. The lowest BCUT2D eigenvalue weighted by Crippen LogP contribution is -3.00. The van der Waals surface area contributed by atoms with Gasteiger partial charge in [-0.15, -0.1) is 11.0 Å². The number of carbonyl (C=O) groups excluding carboxylic acids is 3. The molecule has 2 aliphatic carbocycles. The van der Waals surface area contributed by atoms with Crippen molar-refractivity contribution in [2.24, 2.45) is 11.8 Å². The molecule has 1 atom stereocenters. The van der Waals surface area contributed by atoms with Gasteiger partial charge in [0, 0.05) is 17.6 Å². The number of esters is 3. The monoisotopic (exact) mass is 927 g/mol. The minimum Gasteiger partial charge on any atom is -1.00 e. The Balaban J connectivity index is 0.000000328. The molecular formula is C46H62IN3O7S. The van der Waals surface area contributed by atoms with Crippen LogP contribution < -0.4 is 38.2 Å². The van der Waals surface area contributed by atoms with E-state index in [-0.39, 0.29) is 66.9 Å². The van der Waals surface area contributed by atoms with Crippen molar-refractivity contribution in [2.45, 2.75) is 116 Å². The predicted octanol–water partition coefficient (Wildman–Crippen LogP) is 6.86. The van der Waals surface area contributed by atoms with Gasteiger partial charge >= 0.3 is 17.9 Å². The summed E-state index contributed by atoms with van der Waals surface area (Å²) >= 11 is 1.17. The van der Waals surface area contributed by atoms with E-state index in [2.05, 4.69) is 35.4 Å². The molecule has 58 heavy (non-hydrogen) atoms. The van der Waals surface area contributed by atoms with Crippen LogP contribution in [0.4, 0.5) is 0 Å². The molecule has 0 saturated heterocycles. The van der Waals surface area contributed by atoms with Gasteiger partial charge in [0.25, 0.3) is 5.88 Å². The van der Waals surface area contributed by atoms with Crippen molar-refractivity contribution in [2.75, 3.05) is 33.5 Å². The summed E-state index contributed by atoms with van der Waals surface area (Å²) in [6, 6.07) is 14.9. The molecule has 12 heteroatoms. The van der Waals surface area contributed by atoms with Crippen molar-refractivity contribution in [1.82, 2.24) is 8.75 Å². The number of likely N-dealkylation sites (N-methyl/N-ethyl adjacent to an activating group) is 1. The molecule has 2 saturated carbocycles. The Morgan fingerprint density at radius 2 is 1.43 bits per heavy atom. The van der Waals surface area contributed by atoms with Crippen molar-refractivity contribution in [3.8, 4) is 17.4 Å². The smallest absolute Gasteiger partial charge is 0.314 e. The Bertz CT molecular complexity index is 1790. The highest BCUT2D eigenvalue weighted by atomic mass is 127. The maximum Gasteiger partial charge on any atom is 0.314 e. The van der Waals surface area contributed by atoms with Crippen molar-refractivity contribution >= 4 is 35.2 Å². The number of hydrogen-bond donors (Lipinski definition) is 0. The number of para-hydroxylation sites is 2. The first-order valence-electron chi connectivity index (χ1n) is 21.1. The van der Waals surface area contributed by atoms with E-state index in [0.717, 1.165) is 100 Å². The van der Waals surface area contributed by atoms with Crippen molar-refractivity contribution in [3.63, 3.8) is 0 Å². The maximum absolute atomic E-state index is 12.9. The normalized spacial score (nSPS) is 18.3. The van der Waals surface area contributed by atoms with Crippen molar-refractivity contribution in [1.29, 1.82) is 0 Å². The zero-order chi connectivity index (χ0) is 40.3. The predicted molar refractivity (Wildman–Crippen MR) is 224 cm³/mol. The summed E-state index contributed by atoms with van der Waals surface area (Å²) in [4.78, 5) is 37.6. The third kappa shape index (κ3) is 14.9. The highest BCUT2D eigenvalue weighted by Crippen LogP contribution is 2.31. The van der Waals surface area contributed by atoms with Crippen LogP contribution in [0.15, 0.2) is 67.3 Å². The summed E-state index contributed by atoms with van der Waals surface area (Å²) in [5, 5.41) is 0. The first-order valence-corrected chi connectivity index (χ1v) is 21.9. The number of carbonyl (C=O) groups is 3. The van der Waals surface area contributed by atoms with Crippen LogP contribution in [0.2, 0.25) is 0 Å². The second-order valence-corrected chi connectivity index (χ2v) is 16.4. The number of ether oxygens (including phenoxy) is 4. The van der Waals surface area contributed by atoms with Gasteiger partial charge in [-0.3, -0.25) is 18.9 Å². The average molecular weight is 928 g/mol. The van der Waals surface area contributed by atoms with Gasteiger partial charge in [0.15, 0.2) is 0 Å². The van der Waals surface area contributed by atoms with Crippen LogP contribution >= 0.6 is 11.7 Å². The molecule has 0 spiro atoms. The zero-order valence-electron chi connectivity index (χ0n) is 34.5. The van der Waals surface area contributed by atoms with Crippen LogP contribution in [-0.4, -0.2) is 64.6 Å². The van der Waals surface area contributed by atoms with Crippen LogP contribution in [0.25, 0.3) is 5.57 Å². The van der Waals surface area contributed by atoms with Gasteiger partial charge in [-0.05, 0) is 56.2 Å². The van der Waals surface area contributed by atoms with E-state index in [9.17, 15) is 14.4 Å². The first kappa shape index (κ1) is 47.1. The number of rotatable bonds is 17. The molecule has 6 rings (SSSR count). The fraction of sp³-hybridized carbons (Fsp3) is 0.543. The Hall–Kier alpha value is -3.62. The maximum atomic E-state index is 12.9. The molecule has 2 aromatic carbocycles. The molecule has 2 heterocycles. The number of nitrogens with zero attached hydrogens (tertiary/aromatic N) is 3. The molecule has 1 aliphatic heterocycles. The fourth-order valence-corrected chi connectivity index (χ4v) is 8.26. The summed E-state index contributed by atoms with van der Waals surface area (Å²) in [5.74, 6) is 1.19. The van der Waals surface area contributed by atoms with Gasteiger partial charge in [-0.2, -0.15) is 4.37 Å². The Morgan fingerprint density at radius 1 is 0.828 bits per heavy atom. The highest BCUT2D eigenvalue weighted by molar-refractivity contribution is 6.99. The number of unbranched alkanes of at least 4 members (excludes halogenated alkanes) is 3. The van der Waals surface area contributed by atoms with Gasteiger partial charge in [-0.25, -0.2) is 0 Å². The molecule has 0 radical (unpaired) electrons. The summed E-state index contributed by atoms with van der Waals surface area (Å²) in [5.41, 5.74) is 3.58. The fourth-order valence-electron chi connectivity index (χ4n) is 7.73. The average Bonchev–Trinajstić information content (AvgIpc) is 3.71. The molecule has 1 aromatic heterocycles. The van der Waals surface area contributed by atoms with E-state index in [4.69, 9.17) is 18.9 Å². The molecule has 0 N–H and O–H groups in total. The topological polar surface area (TPSA) is 114 Å². The summed E-state index contributed by atoms with van der Waals surface area (Å²) in [7, 11) is 2.09. The number of benzene rings is 2. The molecule has 3 aliphatic rings. The second-order valence-electron chi connectivity index (χ2n) is 15.9. The Kier molecular flexibility index (Phi) is 20.4. The van der Waals surface area contributed by atoms with Gasteiger partial charge in [-0.1, -0.05) is 113 Å². The SMILES string of the molecule is C=CCc1ccccc1OC(=O)C1CCCCC1.CCCCCCOc1nsnc1C1=CCC[N+](C)(COC(=O)Cc2ccccc2OC(=O)C2CCCCC2)C1.[I-]. The number of quaternary nitrogens is 1. The van der Waals surface area contributed by atoms with Crippen LogP contribution in [-0.2, 0) is 32.0 Å². The lowest BCUT2D eigenvalue weighted by atomic mass is 9.89. The molecule has 3 aromatic rings. The van der Waals surface area contributed by atoms with E-state index in [1.54, 1.807) is 6.07 Å². The van der Waals surface area contributed by atoms with Gasteiger partial charge in [0.2, 0.25) is 6.73 Å². The minimum atomic E-state index is -0.335. The second kappa shape index (κ2) is 25.1. The zero-order valence-corrected chi connectivity index (χ0v) is 37.4. The van der Waals surface area contributed by atoms with Crippen LogP contribution in [0.5, 0.6) is 17.4 Å². The largest absolute Gasteiger partial charge is 1.00 e. The number of hydrogen-bond acceptors (Lipinski definition) is 10. The minimum absolute atomic E-state index is 0. The number of allylic oxidation sites excluding steroid dienone is 1. The van der Waals surface area contributed by atoms with Gasteiger partial charge in [0.1, 0.15) is 23.7 Å². The van der Waals surface area contributed by atoms with Gasteiger partial charge in [0.05, 0.1) is 50.2 Å². The van der Waals surface area contributed by atoms with E-state index in [1.807, 2.05) is 48.5 Å². The van der Waals surface area contributed by atoms with Crippen molar-refractivity contribution < 1.29 is 61.8 Å². The quantitative estimate of drug-likeness (QED) is 0.0358. The summed E-state index contributed by atoms with van der Waals surface area (Å²) in [6.07, 6.45) is 20.8. The molecular weight excluding hydrogens is 865 g/mol. The number of aromatic nitrogens is 2. The van der Waals surface area contributed by atoms with Crippen molar-refractivity contribution in [3.05, 3.63) is 84.1 Å². The van der Waals surface area contributed by atoms with E-state index in [1.165, 1.54) is 37.4 Å². The molecule has 10 nitrogen and oxygen atoms in total. The highest BCUT2D eigenvalue weighted by Gasteiger charge is 2.32. The third-order valence-corrected chi connectivity index (χ3v) is 11.6. The van der Waals surface area contributed by atoms with Crippen LogP contribution in [0, 0.1) is 11.8 Å². The van der Waals surface area contributed by atoms with E-state index in [0.29, 0.717) is 40.6 Å². The van der Waals surface area contributed by atoms with Crippen LogP contribution in [0.1, 0.15) is 120 Å². The molecule has 2 fully saturated rings. The molecule has 1 unspecified atom stereocenters. The first-order chi connectivity index (χ1) is 27.8. The lowest BCUT2D eigenvalue weighted by Gasteiger charge is -2.36. The third-order valence-electron chi connectivity index (χ3n) is 11.1. The number of halogens is 1. The Morgan fingerprint density at radius 3 is 2.05 bits per heavy atom. The Labute approximate surface area is 366 Å². The van der Waals surface area contributed by atoms with Gasteiger partial charge < -0.3 is 42.9 Å². The lowest BCUT2D eigenvalue weighted by molar-refractivity contribution is -0.919. The van der Waals surface area contributed by atoms with Crippen LogP contribution in [0.3, 0.4) is 0 Å². The standard InChI is InChI=1S/C30H42N3O5S.C16H20O2.HI/c1-3-4-5-11-19-36-29-28(31-39-32-29)25-16-12-18-33(2,21-25)22-37-27(34)20-24-15-9-10-17-26(24)38-30(35)23-13-7-6-8-14-23;1-2-8-13-9-6-7-12-15(13)18-16(17)14-10-4-3-5-11-14;/h9-10,15-17,23H,3-8,11-14,18-22H2,1-2H3;2,6-7,9,12,14H,1,3-5,8,10-11H2;1H/q+1;;/p-1. The van der Waals surface area contributed by atoms with E-state index >= 15 is 0 Å². The molecule has 0 bridgehead atoms. The summed E-state index contributed by atoms with van der Waals surface area (Å²) < 4.78 is 32.5.